The molecule has 2 aliphatic rings. The van der Waals surface area contributed by atoms with Gasteiger partial charge in [-0.1, -0.05) is 6.42 Å². The Morgan fingerprint density at radius 2 is 2.18 bits per heavy atom. The van der Waals surface area contributed by atoms with Crippen LogP contribution in [0, 0.1) is 0 Å². The Balaban J connectivity index is 1.89. The molecule has 0 radical (unpaired) electrons. The first-order chi connectivity index (χ1) is 8.22. The minimum atomic E-state index is -0.306. The van der Waals surface area contributed by atoms with E-state index in [1.807, 2.05) is 11.8 Å². The highest BCUT2D eigenvalue weighted by Gasteiger charge is 2.35. The fraction of sp³-hybridized carbons (Fsp3) is 0.923. The van der Waals surface area contributed by atoms with Crippen molar-refractivity contribution >= 4 is 5.91 Å². The van der Waals surface area contributed by atoms with Crippen LogP contribution in [0.1, 0.15) is 39.0 Å². The smallest absolute Gasteiger partial charge is 0.251 e. The van der Waals surface area contributed by atoms with Gasteiger partial charge >= 0.3 is 0 Å². The van der Waals surface area contributed by atoms with Gasteiger partial charge in [0.05, 0.1) is 0 Å². The molecule has 1 amide bonds. The predicted molar refractivity (Wildman–Crippen MR) is 66.8 cm³/mol. The number of nitrogens with zero attached hydrogens (tertiary/aromatic N) is 1. The summed E-state index contributed by atoms with van der Waals surface area (Å²) in [5, 5.41) is 3.51. The van der Waals surface area contributed by atoms with E-state index >= 15 is 0 Å². The van der Waals surface area contributed by atoms with Crippen molar-refractivity contribution < 1.29 is 9.53 Å². The van der Waals surface area contributed by atoms with Gasteiger partial charge in [-0.05, 0) is 39.2 Å². The Morgan fingerprint density at radius 3 is 2.71 bits per heavy atom. The van der Waals surface area contributed by atoms with Crippen molar-refractivity contribution in [2.24, 2.45) is 0 Å². The summed E-state index contributed by atoms with van der Waals surface area (Å²) in [5.41, 5.74) is 0. The van der Waals surface area contributed by atoms with E-state index in [2.05, 4.69) is 5.32 Å². The lowest BCUT2D eigenvalue weighted by molar-refractivity contribution is -0.142. The van der Waals surface area contributed by atoms with Crippen LogP contribution in [-0.2, 0) is 9.53 Å². The summed E-state index contributed by atoms with van der Waals surface area (Å²) in [7, 11) is 1.60. The molecule has 1 N–H and O–H groups in total. The number of amides is 1. The number of rotatable bonds is 5. The molecule has 1 saturated carbocycles. The maximum atomic E-state index is 12.2. The maximum Gasteiger partial charge on any atom is 0.251 e. The molecule has 4 nitrogen and oxygen atoms in total. The van der Waals surface area contributed by atoms with Gasteiger partial charge in [-0.2, -0.15) is 0 Å². The van der Waals surface area contributed by atoms with E-state index in [0.29, 0.717) is 12.1 Å². The lowest BCUT2D eigenvalue weighted by atomic mass is 10.0. The van der Waals surface area contributed by atoms with Crippen LogP contribution < -0.4 is 5.32 Å². The van der Waals surface area contributed by atoms with Gasteiger partial charge in [0, 0.05) is 25.7 Å². The van der Waals surface area contributed by atoms with Gasteiger partial charge in [-0.3, -0.25) is 4.79 Å². The first kappa shape index (κ1) is 12.8. The molecule has 98 valence electrons. The molecule has 1 aliphatic heterocycles. The van der Waals surface area contributed by atoms with E-state index in [9.17, 15) is 4.79 Å². The quantitative estimate of drug-likeness (QED) is 0.784. The molecule has 0 aromatic heterocycles. The molecule has 2 unspecified atom stereocenters. The first-order valence-electron chi connectivity index (χ1n) is 6.79. The summed E-state index contributed by atoms with van der Waals surface area (Å²) in [6, 6.07) is 0.959. The van der Waals surface area contributed by atoms with Gasteiger partial charge in [-0.25, -0.2) is 0 Å². The van der Waals surface area contributed by atoms with E-state index in [1.54, 1.807) is 7.11 Å². The van der Waals surface area contributed by atoms with Crippen molar-refractivity contribution in [2.75, 3.05) is 20.2 Å². The number of methoxy groups -OCH3 is 1. The summed E-state index contributed by atoms with van der Waals surface area (Å²) in [5.74, 6) is 0.155. The fourth-order valence-electron chi connectivity index (χ4n) is 2.46. The molecule has 0 bridgehead atoms. The van der Waals surface area contributed by atoms with Gasteiger partial charge in [0.25, 0.3) is 5.91 Å². The van der Waals surface area contributed by atoms with Gasteiger partial charge < -0.3 is 15.0 Å². The molecule has 0 aromatic carbocycles. The van der Waals surface area contributed by atoms with Crippen LogP contribution in [0.4, 0.5) is 0 Å². The second kappa shape index (κ2) is 5.83. The van der Waals surface area contributed by atoms with Crippen LogP contribution in [-0.4, -0.2) is 49.2 Å². The third kappa shape index (κ3) is 3.42. The summed E-state index contributed by atoms with van der Waals surface area (Å²) < 4.78 is 5.15. The number of hydrogen-bond acceptors (Lipinski definition) is 3. The van der Waals surface area contributed by atoms with Gasteiger partial charge in [0.15, 0.2) is 0 Å². The van der Waals surface area contributed by atoms with E-state index in [-0.39, 0.29) is 12.0 Å². The van der Waals surface area contributed by atoms with Crippen LogP contribution in [0.2, 0.25) is 0 Å². The number of hydrogen-bond donors (Lipinski definition) is 1. The largest absolute Gasteiger partial charge is 0.372 e. The Labute approximate surface area is 104 Å². The molecule has 0 spiro atoms. The molecule has 1 saturated heterocycles. The lowest BCUT2D eigenvalue weighted by Crippen LogP contribution is -2.49. The summed E-state index contributed by atoms with van der Waals surface area (Å²) in [6.07, 6.45) is 5.76. The van der Waals surface area contributed by atoms with Crippen molar-refractivity contribution in [2.45, 2.75) is 57.2 Å². The monoisotopic (exact) mass is 240 g/mol. The second-order valence-corrected chi connectivity index (χ2v) is 5.25. The van der Waals surface area contributed by atoms with Crippen molar-refractivity contribution in [3.63, 3.8) is 0 Å². The number of nitrogens with one attached hydrogen (secondary N) is 1. The Morgan fingerprint density at radius 1 is 1.41 bits per heavy atom. The second-order valence-electron chi connectivity index (χ2n) is 5.25. The molecule has 2 fully saturated rings. The molecule has 0 aromatic rings. The number of carbonyl (C=O) groups excluding carboxylic acids is 1. The standard InChI is InChI=1S/C13H24N2O2/c1-10(17-2)13(16)15(12-6-7-12)9-11-5-3-4-8-14-11/h10-12,14H,3-9H2,1-2H3. The highest BCUT2D eigenvalue weighted by molar-refractivity contribution is 5.81. The third-order valence-corrected chi connectivity index (χ3v) is 3.80. The van der Waals surface area contributed by atoms with Crippen LogP contribution >= 0.6 is 0 Å². The minimum Gasteiger partial charge on any atom is -0.372 e. The zero-order valence-electron chi connectivity index (χ0n) is 10.9. The van der Waals surface area contributed by atoms with Crippen LogP contribution in [0.15, 0.2) is 0 Å². The molecular weight excluding hydrogens is 216 g/mol. The summed E-state index contributed by atoms with van der Waals surface area (Å²) in [6.45, 7) is 3.79. The highest BCUT2D eigenvalue weighted by Crippen LogP contribution is 2.28. The van der Waals surface area contributed by atoms with E-state index in [0.717, 1.165) is 25.9 Å². The Bertz CT molecular complexity index is 260. The SMILES string of the molecule is COC(C)C(=O)N(CC1CCCCN1)C1CC1. The van der Waals surface area contributed by atoms with Crippen molar-refractivity contribution in [1.82, 2.24) is 10.2 Å². The van der Waals surface area contributed by atoms with Crippen LogP contribution in [0.25, 0.3) is 0 Å². The average Bonchev–Trinajstić information content (AvgIpc) is 3.19. The zero-order valence-corrected chi connectivity index (χ0v) is 10.9. The van der Waals surface area contributed by atoms with E-state index < -0.39 is 0 Å². The topological polar surface area (TPSA) is 41.6 Å². The molecule has 2 rings (SSSR count). The number of ether oxygens (including phenoxy) is 1. The first-order valence-corrected chi connectivity index (χ1v) is 6.79. The zero-order chi connectivity index (χ0) is 12.3. The Hall–Kier alpha value is -0.610. The molecule has 2 atom stereocenters. The summed E-state index contributed by atoms with van der Waals surface area (Å²) in [4.78, 5) is 14.2. The van der Waals surface area contributed by atoms with E-state index in [1.165, 1.54) is 19.3 Å². The minimum absolute atomic E-state index is 0.155. The van der Waals surface area contributed by atoms with Gasteiger partial charge in [0.1, 0.15) is 6.10 Å². The van der Waals surface area contributed by atoms with Crippen molar-refractivity contribution in [1.29, 1.82) is 0 Å². The van der Waals surface area contributed by atoms with Crippen molar-refractivity contribution in [3.05, 3.63) is 0 Å². The summed E-state index contributed by atoms with van der Waals surface area (Å²) >= 11 is 0. The predicted octanol–water partition coefficient (Wildman–Crippen LogP) is 1.15. The lowest BCUT2D eigenvalue weighted by Gasteiger charge is -2.32. The average molecular weight is 240 g/mol. The van der Waals surface area contributed by atoms with Crippen LogP contribution in [0.3, 0.4) is 0 Å². The third-order valence-electron chi connectivity index (χ3n) is 3.80. The molecule has 17 heavy (non-hydrogen) atoms. The number of piperidine rings is 1. The molecule has 1 aliphatic carbocycles. The Kier molecular flexibility index (Phi) is 4.40. The molecular formula is C13H24N2O2. The highest BCUT2D eigenvalue weighted by atomic mass is 16.5. The van der Waals surface area contributed by atoms with Gasteiger partial charge in [0.2, 0.25) is 0 Å². The maximum absolute atomic E-state index is 12.2. The number of carbonyl (C=O) groups is 1. The van der Waals surface area contributed by atoms with Crippen molar-refractivity contribution in [3.8, 4) is 0 Å². The molecule has 4 heteroatoms. The normalized spacial score (nSPS) is 26.6. The fourth-order valence-corrected chi connectivity index (χ4v) is 2.46. The van der Waals surface area contributed by atoms with Crippen LogP contribution in [0.5, 0.6) is 0 Å². The molecule has 1 heterocycles. The van der Waals surface area contributed by atoms with E-state index in [4.69, 9.17) is 4.74 Å². The van der Waals surface area contributed by atoms with Gasteiger partial charge in [-0.15, -0.1) is 0 Å².